The first-order chi connectivity index (χ1) is 14.3. The third-order valence-electron chi connectivity index (χ3n) is 5.26. The summed E-state index contributed by atoms with van der Waals surface area (Å²) in [6.45, 7) is 5.88. The summed E-state index contributed by atoms with van der Waals surface area (Å²) in [4.78, 5) is 51.4. The van der Waals surface area contributed by atoms with Crippen molar-refractivity contribution in [2.45, 2.75) is 30.6 Å². The molecular formula is C22H20N2O6S. The fraction of sp³-hybridized carbons (Fsp3) is 0.273. The van der Waals surface area contributed by atoms with Crippen molar-refractivity contribution in [2.24, 2.45) is 5.41 Å². The van der Waals surface area contributed by atoms with Crippen molar-refractivity contribution in [3.63, 3.8) is 0 Å². The molecule has 0 radical (unpaired) electrons. The Morgan fingerprint density at radius 1 is 0.710 bits per heavy atom. The van der Waals surface area contributed by atoms with Gasteiger partial charge in [-0.25, -0.2) is 8.42 Å². The molecule has 0 N–H and O–H groups in total. The maximum atomic E-state index is 13.2. The Kier molecular flexibility index (Phi) is 4.44. The highest BCUT2D eigenvalue weighted by atomic mass is 32.2. The molecule has 0 saturated heterocycles. The predicted molar refractivity (Wildman–Crippen MR) is 110 cm³/mol. The number of hydrogen-bond acceptors (Lipinski definition) is 6. The summed E-state index contributed by atoms with van der Waals surface area (Å²) in [5.41, 5.74) is 0.0208. The van der Waals surface area contributed by atoms with E-state index in [0.29, 0.717) is 0 Å². The van der Waals surface area contributed by atoms with Crippen molar-refractivity contribution in [2.75, 3.05) is 13.6 Å². The first-order valence-corrected chi connectivity index (χ1v) is 11.0. The molecule has 2 aliphatic rings. The van der Waals surface area contributed by atoms with E-state index in [1.54, 1.807) is 0 Å². The highest BCUT2D eigenvalue weighted by Crippen LogP contribution is 2.32. The molecule has 0 saturated carbocycles. The fourth-order valence-corrected chi connectivity index (χ4v) is 5.01. The second-order valence-corrected chi connectivity index (χ2v) is 10.8. The molecule has 2 aromatic rings. The van der Waals surface area contributed by atoms with E-state index in [-0.39, 0.29) is 44.0 Å². The van der Waals surface area contributed by atoms with E-state index in [4.69, 9.17) is 0 Å². The van der Waals surface area contributed by atoms with Gasteiger partial charge in [0.05, 0.1) is 32.0 Å². The Balaban J connectivity index is 1.75. The highest BCUT2D eigenvalue weighted by molar-refractivity contribution is 7.91. The molecule has 0 fully saturated rings. The Morgan fingerprint density at radius 3 is 1.65 bits per heavy atom. The summed E-state index contributed by atoms with van der Waals surface area (Å²) in [5, 5.41) is 0. The Morgan fingerprint density at radius 2 is 1.13 bits per heavy atom. The summed E-state index contributed by atoms with van der Waals surface area (Å²) in [6.07, 6.45) is 0. The van der Waals surface area contributed by atoms with E-state index < -0.39 is 33.5 Å². The van der Waals surface area contributed by atoms with Gasteiger partial charge in [-0.3, -0.25) is 29.0 Å². The zero-order valence-electron chi connectivity index (χ0n) is 17.4. The van der Waals surface area contributed by atoms with Crippen molar-refractivity contribution < 1.29 is 27.6 Å². The fourth-order valence-electron chi connectivity index (χ4n) is 3.70. The van der Waals surface area contributed by atoms with Gasteiger partial charge in [0.2, 0.25) is 9.84 Å². The van der Waals surface area contributed by atoms with Gasteiger partial charge in [0.25, 0.3) is 23.6 Å². The molecule has 9 heteroatoms. The number of benzene rings is 2. The maximum Gasteiger partial charge on any atom is 0.261 e. The van der Waals surface area contributed by atoms with Gasteiger partial charge in [-0.2, -0.15) is 0 Å². The van der Waals surface area contributed by atoms with Crippen LogP contribution in [0.25, 0.3) is 0 Å². The van der Waals surface area contributed by atoms with Crippen molar-refractivity contribution in [3.8, 4) is 0 Å². The molecule has 0 aliphatic carbocycles. The smallest absolute Gasteiger partial charge is 0.261 e. The molecule has 160 valence electrons. The summed E-state index contributed by atoms with van der Waals surface area (Å²) in [6, 6.07) is 7.53. The van der Waals surface area contributed by atoms with Crippen LogP contribution in [-0.2, 0) is 9.84 Å². The number of imide groups is 2. The monoisotopic (exact) mass is 440 g/mol. The number of rotatable bonds is 3. The van der Waals surface area contributed by atoms with Crippen molar-refractivity contribution in [3.05, 3.63) is 58.7 Å². The summed E-state index contributed by atoms with van der Waals surface area (Å²) in [7, 11) is -2.77. The molecule has 0 aromatic heterocycles. The van der Waals surface area contributed by atoms with Crippen LogP contribution in [-0.4, -0.2) is 55.4 Å². The number of sulfone groups is 1. The van der Waals surface area contributed by atoms with Crippen molar-refractivity contribution in [1.82, 2.24) is 9.80 Å². The van der Waals surface area contributed by atoms with E-state index in [0.717, 1.165) is 9.80 Å². The molecular weight excluding hydrogens is 420 g/mol. The Labute approximate surface area is 179 Å². The first-order valence-electron chi connectivity index (χ1n) is 9.55. The van der Waals surface area contributed by atoms with Gasteiger partial charge >= 0.3 is 0 Å². The molecule has 2 aromatic carbocycles. The second kappa shape index (κ2) is 6.58. The topological polar surface area (TPSA) is 109 Å². The molecule has 2 heterocycles. The zero-order chi connectivity index (χ0) is 22.9. The third kappa shape index (κ3) is 3.16. The van der Waals surface area contributed by atoms with Gasteiger partial charge in [0, 0.05) is 13.6 Å². The summed E-state index contributed by atoms with van der Waals surface area (Å²) < 4.78 is 26.4. The number of fused-ring (bicyclic) bond motifs is 2. The van der Waals surface area contributed by atoms with Crippen LogP contribution in [0.15, 0.2) is 46.2 Å². The molecule has 0 atom stereocenters. The molecule has 2 aliphatic heterocycles. The van der Waals surface area contributed by atoms with Crippen molar-refractivity contribution in [1.29, 1.82) is 0 Å². The zero-order valence-corrected chi connectivity index (χ0v) is 18.2. The van der Waals surface area contributed by atoms with E-state index >= 15 is 0 Å². The number of carbonyl (C=O) groups excluding carboxylic acids is 4. The first kappa shape index (κ1) is 20.9. The number of carbonyl (C=O) groups is 4. The number of nitrogens with zero attached hydrogens (tertiary/aromatic N) is 2. The third-order valence-corrected chi connectivity index (χ3v) is 7.01. The van der Waals surface area contributed by atoms with Crippen LogP contribution in [0, 0.1) is 5.41 Å². The lowest BCUT2D eigenvalue weighted by Crippen LogP contribution is -2.37. The van der Waals surface area contributed by atoms with Crippen molar-refractivity contribution >= 4 is 33.5 Å². The number of hydrogen-bond donors (Lipinski definition) is 0. The average molecular weight is 440 g/mol. The lowest BCUT2D eigenvalue weighted by atomic mass is 9.96. The van der Waals surface area contributed by atoms with Gasteiger partial charge < -0.3 is 0 Å². The molecule has 31 heavy (non-hydrogen) atoms. The molecule has 0 unspecified atom stereocenters. The SMILES string of the molecule is CN1C(=O)c2ccc(S(=O)(=O)c3ccc4c(c3)C(=O)N(CC(C)(C)C)C4=O)cc2C1=O. The Hall–Kier alpha value is -3.33. The van der Waals surface area contributed by atoms with Crippen LogP contribution < -0.4 is 0 Å². The van der Waals surface area contributed by atoms with Gasteiger partial charge in [-0.05, 0) is 41.8 Å². The van der Waals surface area contributed by atoms with Crippen LogP contribution in [0.2, 0.25) is 0 Å². The van der Waals surface area contributed by atoms with Gasteiger partial charge in [0.15, 0.2) is 0 Å². The standard InChI is InChI=1S/C22H20N2O6S/c1-22(2,3)11-24-20(27)15-8-6-13(10-17(15)21(24)28)31(29,30)12-5-7-14-16(9-12)19(26)23(4)18(14)25/h5-10H,11H2,1-4H3. The minimum absolute atomic E-state index is 0.0114. The van der Waals surface area contributed by atoms with E-state index in [2.05, 4.69) is 0 Å². The quantitative estimate of drug-likeness (QED) is 0.678. The predicted octanol–water partition coefficient (Wildman–Crippen LogP) is 2.39. The largest absolute Gasteiger partial charge is 0.277 e. The van der Waals surface area contributed by atoms with Crippen LogP contribution in [0.4, 0.5) is 0 Å². The molecule has 0 bridgehead atoms. The second-order valence-electron chi connectivity index (χ2n) is 8.84. The van der Waals surface area contributed by atoms with E-state index in [9.17, 15) is 27.6 Å². The van der Waals surface area contributed by atoms with Crippen LogP contribution >= 0.6 is 0 Å². The van der Waals surface area contributed by atoms with Crippen LogP contribution in [0.5, 0.6) is 0 Å². The minimum Gasteiger partial charge on any atom is -0.277 e. The lowest BCUT2D eigenvalue weighted by molar-refractivity contribution is 0.0598. The normalized spacial score (nSPS) is 16.3. The van der Waals surface area contributed by atoms with E-state index in [1.165, 1.54) is 43.4 Å². The summed E-state index contributed by atoms with van der Waals surface area (Å²) in [5.74, 6) is -2.07. The molecule has 4 rings (SSSR count). The van der Waals surface area contributed by atoms with Gasteiger partial charge in [-0.15, -0.1) is 0 Å². The van der Waals surface area contributed by atoms with Crippen LogP contribution in [0.1, 0.15) is 62.2 Å². The Bertz CT molecular complexity index is 1300. The average Bonchev–Trinajstić information content (AvgIpc) is 3.07. The lowest BCUT2D eigenvalue weighted by Gasteiger charge is -2.24. The molecule has 8 nitrogen and oxygen atoms in total. The summed E-state index contributed by atoms with van der Waals surface area (Å²) >= 11 is 0. The van der Waals surface area contributed by atoms with Gasteiger partial charge in [0.1, 0.15) is 0 Å². The maximum absolute atomic E-state index is 13.2. The highest BCUT2D eigenvalue weighted by Gasteiger charge is 2.39. The molecule has 0 spiro atoms. The number of amides is 4. The van der Waals surface area contributed by atoms with Gasteiger partial charge in [-0.1, -0.05) is 20.8 Å². The minimum atomic E-state index is -4.10. The van der Waals surface area contributed by atoms with E-state index in [1.807, 2.05) is 20.8 Å². The van der Waals surface area contributed by atoms with Crippen LogP contribution in [0.3, 0.4) is 0 Å². The molecule has 4 amide bonds.